The van der Waals surface area contributed by atoms with Crippen LogP contribution in [0.4, 0.5) is 0 Å². The molecule has 0 aliphatic carbocycles. The van der Waals surface area contributed by atoms with Crippen molar-refractivity contribution in [1.29, 1.82) is 0 Å². The summed E-state index contributed by atoms with van der Waals surface area (Å²) in [4.78, 5) is 11.5. The SMILES string of the molecule is CCC(SCCc1c(CO)oc2c(OCC(=O)OC)cccc12)(c1ccccc1)c1ccccc1. The summed E-state index contributed by atoms with van der Waals surface area (Å²) in [6.45, 7) is 1.81. The van der Waals surface area contributed by atoms with E-state index in [-0.39, 0.29) is 18.0 Å². The number of fused-ring (bicyclic) bond motifs is 1. The number of benzene rings is 3. The molecule has 1 heterocycles. The highest BCUT2D eigenvalue weighted by Crippen LogP contribution is 2.46. The molecule has 35 heavy (non-hydrogen) atoms. The molecule has 1 aromatic heterocycles. The van der Waals surface area contributed by atoms with Gasteiger partial charge in [0.1, 0.15) is 12.4 Å². The number of para-hydroxylation sites is 1. The second kappa shape index (κ2) is 11.5. The molecule has 0 spiro atoms. The predicted molar refractivity (Wildman–Crippen MR) is 140 cm³/mol. The molecule has 6 heteroatoms. The number of aliphatic hydroxyl groups excluding tert-OH is 1. The van der Waals surface area contributed by atoms with Gasteiger partial charge in [0.2, 0.25) is 0 Å². The molecule has 0 saturated heterocycles. The molecular weight excluding hydrogens is 460 g/mol. The molecule has 0 unspecified atom stereocenters. The number of esters is 1. The maximum atomic E-state index is 11.5. The number of carbonyl (C=O) groups is 1. The Morgan fingerprint density at radius 3 is 2.20 bits per heavy atom. The number of methoxy groups -OCH3 is 1. The largest absolute Gasteiger partial charge is 0.478 e. The summed E-state index contributed by atoms with van der Waals surface area (Å²) >= 11 is 1.91. The van der Waals surface area contributed by atoms with Gasteiger partial charge in [0, 0.05) is 10.9 Å². The molecule has 0 bridgehead atoms. The van der Waals surface area contributed by atoms with Crippen LogP contribution in [0.5, 0.6) is 5.75 Å². The Labute approximate surface area is 210 Å². The van der Waals surface area contributed by atoms with E-state index in [0.29, 0.717) is 17.1 Å². The number of hydrogen-bond donors (Lipinski definition) is 1. The number of aryl methyl sites for hydroxylation is 1. The van der Waals surface area contributed by atoms with E-state index in [1.165, 1.54) is 18.2 Å². The molecule has 182 valence electrons. The lowest BCUT2D eigenvalue weighted by molar-refractivity contribution is -0.142. The number of furan rings is 1. The third-order valence-electron chi connectivity index (χ3n) is 6.26. The van der Waals surface area contributed by atoms with E-state index in [1.807, 2.05) is 36.0 Å². The van der Waals surface area contributed by atoms with Crippen molar-refractivity contribution in [1.82, 2.24) is 0 Å². The average molecular weight is 491 g/mol. The van der Waals surface area contributed by atoms with Gasteiger partial charge >= 0.3 is 5.97 Å². The van der Waals surface area contributed by atoms with Crippen LogP contribution in [0.15, 0.2) is 83.3 Å². The van der Waals surface area contributed by atoms with Crippen LogP contribution < -0.4 is 4.74 Å². The van der Waals surface area contributed by atoms with Crippen molar-refractivity contribution >= 4 is 28.7 Å². The van der Waals surface area contributed by atoms with Gasteiger partial charge in [0.15, 0.2) is 17.9 Å². The lowest BCUT2D eigenvalue weighted by Gasteiger charge is -2.34. The monoisotopic (exact) mass is 490 g/mol. The van der Waals surface area contributed by atoms with Crippen molar-refractivity contribution in [3.8, 4) is 5.75 Å². The fraction of sp³-hybridized carbons (Fsp3) is 0.276. The first kappa shape index (κ1) is 24.9. The summed E-state index contributed by atoms with van der Waals surface area (Å²) < 4.78 is 16.1. The van der Waals surface area contributed by atoms with E-state index in [9.17, 15) is 9.90 Å². The number of thioether (sulfide) groups is 1. The van der Waals surface area contributed by atoms with Gasteiger partial charge in [-0.3, -0.25) is 0 Å². The minimum atomic E-state index is -0.467. The van der Waals surface area contributed by atoms with Gasteiger partial charge in [0.05, 0.1) is 11.9 Å². The standard InChI is InChI=1S/C29H30O5S/c1-3-29(21-11-6-4-7-12-21,22-13-8-5-9-14-22)35-18-17-23-24-15-10-16-25(33-20-27(31)32-2)28(24)34-26(23)19-30/h4-16,30H,3,17-20H2,1-2H3. The zero-order chi connectivity index (χ0) is 24.7. The molecule has 0 aliphatic rings. The van der Waals surface area contributed by atoms with Crippen LogP contribution in [-0.2, 0) is 27.3 Å². The van der Waals surface area contributed by atoms with Crippen LogP contribution in [-0.4, -0.2) is 30.5 Å². The van der Waals surface area contributed by atoms with Crippen LogP contribution in [0.2, 0.25) is 0 Å². The predicted octanol–water partition coefficient (Wildman–Crippen LogP) is 6.11. The molecule has 0 atom stereocenters. The molecule has 4 aromatic rings. The first-order chi connectivity index (χ1) is 17.1. The van der Waals surface area contributed by atoms with Crippen molar-refractivity contribution in [3.05, 3.63) is 101 Å². The number of carbonyl (C=O) groups excluding carboxylic acids is 1. The highest BCUT2D eigenvalue weighted by atomic mass is 32.2. The summed E-state index contributed by atoms with van der Waals surface area (Å²) in [5.74, 6) is 1.34. The van der Waals surface area contributed by atoms with E-state index in [4.69, 9.17) is 9.15 Å². The molecule has 1 N–H and O–H groups in total. The molecule has 4 rings (SSSR count). The zero-order valence-electron chi connectivity index (χ0n) is 20.0. The second-order valence-corrected chi connectivity index (χ2v) is 9.56. The summed E-state index contributed by atoms with van der Waals surface area (Å²) in [6.07, 6.45) is 1.66. The third-order valence-corrected chi connectivity index (χ3v) is 7.92. The van der Waals surface area contributed by atoms with Gasteiger partial charge in [0.25, 0.3) is 0 Å². The van der Waals surface area contributed by atoms with Crippen molar-refractivity contribution in [3.63, 3.8) is 0 Å². The molecule has 0 radical (unpaired) electrons. The third kappa shape index (κ3) is 5.24. The van der Waals surface area contributed by atoms with Crippen molar-refractivity contribution in [2.45, 2.75) is 31.1 Å². The van der Waals surface area contributed by atoms with E-state index >= 15 is 0 Å². The number of ether oxygens (including phenoxy) is 2. The Morgan fingerprint density at radius 2 is 1.63 bits per heavy atom. The van der Waals surface area contributed by atoms with Gasteiger partial charge < -0.3 is 19.0 Å². The minimum absolute atomic E-state index is 0.184. The lowest BCUT2D eigenvalue weighted by Crippen LogP contribution is -2.23. The van der Waals surface area contributed by atoms with Crippen LogP contribution in [0.3, 0.4) is 0 Å². The zero-order valence-corrected chi connectivity index (χ0v) is 20.8. The first-order valence-corrected chi connectivity index (χ1v) is 12.7. The Balaban J connectivity index is 1.62. The van der Waals surface area contributed by atoms with Crippen LogP contribution in [0, 0.1) is 0 Å². The summed E-state index contributed by atoms with van der Waals surface area (Å²) in [7, 11) is 1.32. The average Bonchev–Trinajstić information content (AvgIpc) is 3.29. The highest BCUT2D eigenvalue weighted by Gasteiger charge is 2.33. The lowest BCUT2D eigenvalue weighted by atomic mass is 9.88. The molecule has 0 aliphatic heterocycles. The van der Waals surface area contributed by atoms with E-state index in [0.717, 1.165) is 29.5 Å². The number of aliphatic hydroxyl groups is 1. The summed E-state index contributed by atoms with van der Waals surface area (Å²) in [6, 6.07) is 26.8. The van der Waals surface area contributed by atoms with Gasteiger partial charge in [-0.1, -0.05) is 79.7 Å². The molecule has 0 fully saturated rings. The van der Waals surface area contributed by atoms with Gasteiger partial charge in [-0.05, 0) is 35.8 Å². The normalized spacial score (nSPS) is 11.5. The van der Waals surface area contributed by atoms with E-state index < -0.39 is 5.97 Å². The quantitative estimate of drug-likeness (QED) is 0.256. The summed E-state index contributed by atoms with van der Waals surface area (Å²) in [5.41, 5.74) is 4.05. The minimum Gasteiger partial charge on any atom is -0.478 e. The molecule has 0 amide bonds. The number of hydrogen-bond acceptors (Lipinski definition) is 6. The number of rotatable bonds is 11. The topological polar surface area (TPSA) is 68.9 Å². The van der Waals surface area contributed by atoms with Crippen LogP contribution in [0.1, 0.15) is 35.8 Å². The maximum Gasteiger partial charge on any atom is 0.343 e. The second-order valence-electron chi connectivity index (χ2n) is 8.17. The summed E-state index contributed by atoms with van der Waals surface area (Å²) in [5, 5.41) is 10.9. The van der Waals surface area contributed by atoms with Crippen molar-refractivity contribution in [2.75, 3.05) is 19.5 Å². The Kier molecular flexibility index (Phi) is 8.16. The Bertz CT molecular complexity index is 1210. The maximum absolute atomic E-state index is 11.5. The molecular formula is C29H30O5S. The van der Waals surface area contributed by atoms with Gasteiger partial charge in [-0.2, -0.15) is 0 Å². The Morgan fingerprint density at radius 1 is 0.971 bits per heavy atom. The van der Waals surface area contributed by atoms with Gasteiger partial charge in [-0.25, -0.2) is 4.79 Å². The smallest absolute Gasteiger partial charge is 0.343 e. The molecule has 0 saturated carbocycles. The van der Waals surface area contributed by atoms with Crippen LogP contribution in [0.25, 0.3) is 11.0 Å². The van der Waals surface area contributed by atoms with Crippen molar-refractivity contribution < 1.29 is 23.8 Å². The molecule has 3 aromatic carbocycles. The first-order valence-electron chi connectivity index (χ1n) is 11.7. The van der Waals surface area contributed by atoms with Crippen LogP contribution >= 0.6 is 11.8 Å². The van der Waals surface area contributed by atoms with Gasteiger partial charge in [-0.15, -0.1) is 11.8 Å². The van der Waals surface area contributed by atoms with Crippen molar-refractivity contribution in [2.24, 2.45) is 0 Å². The van der Waals surface area contributed by atoms with E-state index in [2.05, 4.69) is 60.2 Å². The van der Waals surface area contributed by atoms with E-state index in [1.54, 1.807) is 6.07 Å². The molecule has 5 nitrogen and oxygen atoms in total. The fourth-order valence-corrected chi connectivity index (χ4v) is 5.95. The highest BCUT2D eigenvalue weighted by molar-refractivity contribution is 8.00. The fourth-order valence-electron chi connectivity index (χ4n) is 4.49. The Hall–Kier alpha value is -3.22.